The molecule has 6 nitrogen and oxygen atoms in total. The Morgan fingerprint density at radius 2 is 1.74 bits per heavy atom. The summed E-state index contributed by atoms with van der Waals surface area (Å²) in [4.78, 5) is 0.601. The monoisotopic (exact) mass is 395 g/mol. The van der Waals surface area contributed by atoms with Gasteiger partial charge in [0.2, 0.25) is 0 Å². The lowest BCUT2D eigenvalue weighted by Gasteiger charge is -2.32. The van der Waals surface area contributed by atoms with Crippen LogP contribution in [0.3, 0.4) is 0 Å². The second kappa shape index (κ2) is 7.83. The summed E-state index contributed by atoms with van der Waals surface area (Å²) in [6.07, 6.45) is 2.90. The third kappa shape index (κ3) is 4.40. The molecule has 1 unspecified atom stereocenters. The average Bonchev–Trinajstić information content (AvgIpc) is 2.84. The molecule has 1 aliphatic carbocycles. The van der Waals surface area contributed by atoms with Gasteiger partial charge in [0.15, 0.2) is 0 Å². The van der Waals surface area contributed by atoms with E-state index in [1.807, 2.05) is 39.8 Å². The van der Waals surface area contributed by atoms with Gasteiger partial charge in [-0.15, -0.1) is 0 Å². The van der Waals surface area contributed by atoms with Crippen LogP contribution in [0.2, 0.25) is 0 Å². The topological polar surface area (TPSA) is 77.0 Å². The van der Waals surface area contributed by atoms with Gasteiger partial charge in [-0.1, -0.05) is 6.07 Å². The lowest BCUT2D eigenvalue weighted by molar-refractivity contribution is 0.00578. The molecule has 8 heteroatoms. The van der Waals surface area contributed by atoms with E-state index in [1.165, 1.54) is 0 Å². The zero-order chi connectivity index (χ0) is 19.8. The standard InChI is InChI=1S/C19H30BNO5S/c1-18(2)19(3,4)26-20(25-18)13-6-11-17(16(12-13)24-5)27(23)21-14-7-9-15(22)10-8-14/h6,11-12,14-15,21-22H,7-10H2,1-5H3. The predicted octanol–water partition coefficient (Wildman–Crippen LogP) is 1.91. The SMILES string of the molecule is COc1cc(B2OC(C)(C)C(C)(C)O2)ccc1S(=O)NC1CCC(O)CC1. The molecule has 2 aliphatic rings. The summed E-state index contributed by atoms with van der Waals surface area (Å²) in [6.45, 7) is 8.05. The fourth-order valence-corrected chi connectivity index (χ4v) is 4.55. The lowest BCUT2D eigenvalue weighted by Crippen LogP contribution is -2.41. The number of aliphatic hydroxyl groups is 1. The molecule has 150 valence electrons. The van der Waals surface area contributed by atoms with E-state index >= 15 is 0 Å². The van der Waals surface area contributed by atoms with Crippen LogP contribution < -0.4 is 14.9 Å². The number of benzene rings is 1. The van der Waals surface area contributed by atoms with E-state index < -0.39 is 29.3 Å². The summed E-state index contributed by atoms with van der Waals surface area (Å²) < 4.78 is 33.6. The Labute approximate surface area is 164 Å². The largest absolute Gasteiger partial charge is 0.495 e. The Bertz CT molecular complexity index is 687. The van der Waals surface area contributed by atoms with Crippen LogP contribution in [-0.4, -0.2) is 46.9 Å². The van der Waals surface area contributed by atoms with Gasteiger partial charge in [0, 0.05) is 6.04 Å². The molecule has 1 heterocycles. The maximum Gasteiger partial charge on any atom is 0.494 e. The number of rotatable bonds is 5. The molecule has 0 radical (unpaired) electrons. The highest BCUT2D eigenvalue weighted by Crippen LogP contribution is 2.37. The molecule has 1 aliphatic heterocycles. The van der Waals surface area contributed by atoms with Crippen LogP contribution in [0.25, 0.3) is 0 Å². The van der Waals surface area contributed by atoms with Crippen LogP contribution >= 0.6 is 0 Å². The smallest absolute Gasteiger partial charge is 0.494 e. The molecule has 1 saturated heterocycles. The van der Waals surface area contributed by atoms with Crippen LogP contribution in [0.4, 0.5) is 0 Å². The van der Waals surface area contributed by atoms with Gasteiger partial charge in [0.1, 0.15) is 16.7 Å². The highest BCUT2D eigenvalue weighted by molar-refractivity contribution is 7.83. The van der Waals surface area contributed by atoms with Crippen LogP contribution in [0.5, 0.6) is 5.75 Å². The van der Waals surface area contributed by atoms with Gasteiger partial charge in [0.25, 0.3) is 0 Å². The minimum atomic E-state index is -1.38. The Morgan fingerprint density at radius 3 is 2.30 bits per heavy atom. The van der Waals surface area contributed by atoms with Crippen molar-refractivity contribution in [2.24, 2.45) is 0 Å². The average molecular weight is 395 g/mol. The second-order valence-electron chi connectivity index (χ2n) is 8.39. The van der Waals surface area contributed by atoms with Crippen LogP contribution in [0, 0.1) is 0 Å². The zero-order valence-electron chi connectivity index (χ0n) is 16.8. The highest BCUT2D eigenvalue weighted by Gasteiger charge is 2.51. The molecule has 1 atom stereocenters. The van der Waals surface area contributed by atoms with Crippen molar-refractivity contribution < 1.29 is 23.4 Å². The summed E-state index contributed by atoms with van der Waals surface area (Å²) in [5, 5.41) is 9.62. The van der Waals surface area contributed by atoms with E-state index in [2.05, 4.69) is 4.72 Å². The van der Waals surface area contributed by atoms with Crippen molar-refractivity contribution in [3.8, 4) is 5.75 Å². The van der Waals surface area contributed by atoms with Gasteiger partial charge in [0.05, 0.1) is 29.3 Å². The number of aliphatic hydroxyl groups excluding tert-OH is 1. The number of methoxy groups -OCH3 is 1. The molecule has 3 rings (SSSR count). The molecule has 2 N–H and O–H groups in total. The lowest BCUT2D eigenvalue weighted by atomic mass is 9.79. The number of nitrogens with one attached hydrogen (secondary N) is 1. The Balaban J connectivity index is 1.74. The van der Waals surface area contributed by atoms with E-state index in [-0.39, 0.29) is 12.1 Å². The first-order chi connectivity index (χ1) is 12.6. The molecule has 1 aromatic carbocycles. The van der Waals surface area contributed by atoms with Crippen molar-refractivity contribution in [3.05, 3.63) is 18.2 Å². The Morgan fingerprint density at radius 1 is 1.15 bits per heavy atom. The Kier molecular flexibility index (Phi) is 6.03. The van der Waals surface area contributed by atoms with Gasteiger partial charge in [-0.05, 0) is 71.0 Å². The first-order valence-electron chi connectivity index (χ1n) is 9.52. The maximum absolute atomic E-state index is 12.8. The molecule has 2 fully saturated rings. The van der Waals surface area contributed by atoms with Crippen molar-refractivity contribution in [1.29, 1.82) is 0 Å². The van der Waals surface area contributed by atoms with Gasteiger partial charge in [-0.2, -0.15) is 0 Å². The first-order valence-corrected chi connectivity index (χ1v) is 10.7. The van der Waals surface area contributed by atoms with Gasteiger partial charge >= 0.3 is 7.12 Å². The van der Waals surface area contributed by atoms with E-state index in [9.17, 15) is 9.32 Å². The van der Waals surface area contributed by atoms with Crippen LogP contribution in [0.15, 0.2) is 23.1 Å². The van der Waals surface area contributed by atoms with Crippen LogP contribution in [-0.2, 0) is 20.3 Å². The second-order valence-corrected chi connectivity index (χ2v) is 9.60. The molecular formula is C19H30BNO5S. The normalized spacial score (nSPS) is 28.1. The molecule has 1 saturated carbocycles. The summed E-state index contributed by atoms with van der Waals surface area (Å²) in [5.41, 5.74) is 0.00552. The van der Waals surface area contributed by atoms with Gasteiger partial charge < -0.3 is 19.2 Å². The zero-order valence-corrected chi connectivity index (χ0v) is 17.6. The predicted molar refractivity (Wildman–Crippen MR) is 107 cm³/mol. The van der Waals surface area contributed by atoms with Crippen molar-refractivity contribution in [3.63, 3.8) is 0 Å². The fourth-order valence-electron chi connectivity index (χ4n) is 3.37. The van der Waals surface area contributed by atoms with Crippen molar-refractivity contribution in [2.75, 3.05) is 7.11 Å². The van der Waals surface area contributed by atoms with Crippen molar-refractivity contribution in [1.82, 2.24) is 4.72 Å². The third-order valence-corrected chi connectivity index (χ3v) is 7.17. The molecule has 0 bridgehead atoms. The number of ether oxygens (including phenoxy) is 1. The van der Waals surface area contributed by atoms with Crippen molar-refractivity contribution in [2.45, 2.75) is 81.6 Å². The minimum Gasteiger partial charge on any atom is -0.495 e. The number of hydrogen-bond acceptors (Lipinski definition) is 5. The van der Waals surface area contributed by atoms with E-state index in [4.69, 9.17) is 14.0 Å². The quantitative estimate of drug-likeness (QED) is 0.745. The molecular weight excluding hydrogens is 365 g/mol. The summed E-state index contributed by atoms with van der Waals surface area (Å²) in [7, 11) is -0.299. The summed E-state index contributed by atoms with van der Waals surface area (Å²) in [5.74, 6) is 0.545. The maximum atomic E-state index is 12.8. The molecule has 0 amide bonds. The van der Waals surface area contributed by atoms with E-state index in [0.29, 0.717) is 10.6 Å². The van der Waals surface area contributed by atoms with Crippen LogP contribution in [0.1, 0.15) is 53.4 Å². The van der Waals surface area contributed by atoms with E-state index in [0.717, 1.165) is 31.1 Å². The Hall–Kier alpha value is -0.925. The molecule has 1 aromatic rings. The van der Waals surface area contributed by atoms with Gasteiger partial charge in [-0.25, -0.2) is 8.93 Å². The van der Waals surface area contributed by atoms with Crippen molar-refractivity contribution >= 4 is 23.6 Å². The third-order valence-electron chi connectivity index (χ3n) is 5.88. The van der Waals surface area contributed by atoms with E-state index in [1.54, 1.807) is 13.2 Å². The molecule has 27 heavy (non-hydrogen) atoms. The fraction of sp³-hybridized carbons (Fsp3) is 0.684. The highest BCUT2D eigenvalue weighted by atomic mass is 32.2. The minimum absolute atomic E-state index is 0.140. The summed E-state index contributed by atoms with van der Waals surface area (Å²) >= 11 is 0. The summed E-state index contributed by atoms with van der Waals surface area (Å²) in [6, 6.07) is 5.66. The molecule has 0 aromatic heterocycles. The van der Waals surface area contributed by atoms with Gasteiger partial charge in [-0.3, -0.25) is 0 Å². The number of hydrogen-bond donors (Lipinski definition) is 2. The first kappa shape index (κ1) is 20.8. The molecule has 0 spiro atoms.